The molecule has 3 heteroatoms. The maximum Gasteiger partial charge on any atom is 0.163 e. The summed E-state index contributed by atoms with van der Waals surface area (Å²) in [6.07, 6.45) is 0. The average molecular weight is 89.1 g/mol. The summed E-state index contributed by atoms with van der Waals surface area (Å²) < 4.78 is 0. The van der Waals surface area contributed by atoms with Crippen molar-refractivity contribution in [1.29, 1.82) is 0 Å². The van der Waals surface area contributed by atoms with Crippen molar-refractivity contribution >= 4 is 17.3 Å². The smallest absolute Gasteiger partial charge is 0.163 e. The molecule has 29 valence electrons. The topological polar surface area (TPSA) is 38.0 Å². The number of nitrogens with one attached hydrogen (secondary N) is 1. The molecule has 1 radical (unpaired) electrons. The second-order valence-corrected chi connectivity index (χ2v) is 0.981. The summed E-state index contributed by atoms with van der Waals surface area (Å²) in [4.78, 5) is 0. The van der Waals surface area contributed by atoms with Crippen LogP contribution < -0.4 is 11.1 Å². The van der Waals surface area contributed by atoms with Crippen LogP contribution >= 0.6 is 12.2 Å². The Kier molecular flexibility index (Phi) is 1.84. The summed E-state index contributed by atoms with van der Waals surface area (Å²) in [5.74, 6) is 0. The van der Waals surface area contributed by atoms with E-state index in [-0.39, 0.29) is 5.11 Å². The largest absolute Gasteiger partial charge is 0.376 e. The third-order valence-corrected chi connectivity index (χ3v) is 0.319. The number of hydrogen-bond acceptors (Lipinski definition) is 1. The van der Waals surface area contributed by atoms with Gasteiger partial charge < -0.3 is 11.1 Å². The summed E-state index contributed by atoms with van der Waals surface area (Å²) in [6, 6.07) is 0. The van der Waals surface area contributed by atoms with Crippen molar-refractivity contribution in [2.24, 2.45) is 5.73 Å². The first-order valence-corrected chi connectivity index (χ1v) is 1.50. The van der Waals surface area contributed by atoms with Crippen LogP contribution in [0.15, 0.2) is 0 Å². The second-order valence-electron chi connectivity index (χ2n) is 0.541. The molecule has 0 unspecified atom stereocenters. The SMILES string of the molecule is [CH2]NC(N)=S. The zero-order chi connectivity index (χ0) is 4.28. The van der Waals surface area contributed by atoms with Gasteiger partial charge in [-0.2, -0.15) is 0 Å². The fraction of sp³-hybridized carbons (Fsp3) is 0. The molecule has 0 aliphatic carbocycles. The van der Waals surface area contributed by atoms with Gasteiger partial charge in [-0.15, -0.1) is 0 Å². The molecule has 2 nitrogen and oxygen atoms in total. The van der Waals surface area contributed by atoms with E-state index in [1.54, 1.807) is 0 Å². The van der Waals surface area contributed by atoms with E-state index >= 15 is 0 Å². The molecule has 0 spiro atoms. The van der Waals surface area contributed by atoms with Crippen LogP contribution in [-0.2, 0) is 0 Å². The molecule has 0 saturated heterocycles. The van der Waals surface area contributed by atoms with Crippen molar-refractivity contribution in [3.63, 3.8) is 0 Å². The molecule has 0 aromatic rings. The minimum atomic E-state index is 0.227. The minimum absolute atomic E-state index is 0.227. The van der Waals surface area contributed by atoms with E-state index in [0.29, 0.717) is 0 Å². The fourth-order valence-electron chi connectivity index (χ4n) is 0. The number of hydrogen-bond donors (Lipinski definition) is 2. The van der Waals surface area contributed by atoms with Gasteiger partial charge in [0.2, 0.25) is 0 Å². The molecule has 0 fully saturated rings. The van der Waals surface area contributed by atoms with E-state index in [0.717, 1.165) is 0 Å². The van der Waals surface area contributed by atoms with E-state index in [1.165, 1.54) is 0 Å². The lowest BCUT2D eigenvalue weighted by Gasteiger charge is -1.84. The Hall–Kier alpha value is -0.310. The molecule has 0 saturated carbocycles. The molecule has 3 N–H and O–H groups in total. The first-order valence-electron chi connectivity index (χ1n) is 1.10. The van der Waals surface area contributed by atoms with Crippen LogP contribution in [0.5, 0.6) is 0 Å². The first-order chi connectivity index (χ1) is 2.27. The molecule has 0 atom stereocenters. The molecule has 5 heavy (non-hydrogen) atoms. The lowest BCUT2D eigenvalue weighted by atomic mass is 11.1. The quantitative estimate of drug-likeness (QED) is 0.397. The zero-order valence-electron chi connectivity index (χ0n) is 2.69. The van der Waals surface area contributed by atoms with Gasteiger partial charge in [0.05, 0.1) is 0 Å². The highest BCUT2D eigenvalue weighted by Crippen LogP contribution is 1.45. The molecular formula is C2H5N2S. The monoisotopic (exact) mass is 89.0 g/mol. The van der Waals surface area contributed by atoms with E-state index in [4.69, 9.17) is 5.73 Å². The summed E-state index contributed by atoms with van der Waals surface area (Å²) >= 11 is 4.30. The Labute approximate surface area is 36.4 Å². The van der Waals surface area contributed by atoms with Crippen molar-refractivity contribution in [2.45, 2.75) is 0 Å². The first kappa shape index (κ1) is 4.69. The number of thiocarbonyl (C=S) groups is 1. The van der Waals surface area contributed by atoms with Crippen molar-refractivity contribution < 1.29 is 0 Å². The van der Waals surface area contributed by atoms with Gasteiger partial charge in [-0.05, 0) is 12.2 Å². The van der Waals surface area contributed by atoms with Gasteiger partial charge >= 0.3 is 0 Å². The van der Waals surface area contributed by atoms with Crippen LogP contribution in [0.4, 0.5) is 0 Å². The van der Waals surface area contributed by atoms with Gasteiger partial charge in [-0.3, -0.25) is 0 Å². The summed E-state index contributed by atoms with van der Waals surface area (Å²) in [5.41, 5.74) is 4.85. The molecule has 0 heterocycles. The van der Waals surface area contributed by atoms with Crippen LogP contribution in [0.25, 0.3) is 0 Å². The highest BCUT2D eigenvalue weighted by molar-refractivity contribution is 7.80. The normalized spacial score (nSPS) is 6.60. The van der Waals surface area contributed by atoms with Gasteiger partial charge in [0.25, 0.3) is 0 Å². The molecular weight excluding hydrogens is 84.1 g/mol. The highest BCUT2D eigenvalue weighted by atomic mass is 32.1. The summed E-state index contributed by atoms with van der Waals surface area (Å²) in [5, 5.41) is 2.51. The minimum Gasteiger partial charge on any atom is -0.376 e. The van der Waals surface area contributed by atoms with E-state index in [1.807, 2.05) is 0 Å². The molecule has 0 aromatic carbocycles. The molecule has 0 aliphatic rings. The maximum absolute atomic E-state index is 4.85. The van der Waals surface area contributed by atoms with Crippen molar-refractivity contribution in [3.8, 4) is 0 Å². The van der Waals surface area contributed by atoms with Gasteiger partial charge in [0.1, 0.15) is 0 Å². The third kappa shape index (κ3) is 3.69. The fourth-order valence-corrected chi connectivity index (χ4v) is 0. The molecule has 0 aliphatic heterocycles. The lowest BCUT2D eigenvalue weighted by Crippen LogP contribution is -2.22. The van der Waals surface area contributed by atoms with Crippen LogP contribution in [0.1, 0.15) is 0 Å². The number of nitrogens with two attached hydrogens (primary N) is 1. The summed E-state index contributed by atoms with van der Waals surface area (Å²) in [6.45, 7) is 0. The Bertz CT molecular complexity index is 42.9. The van der Waals surface area contributed by atoms with Gasteiger partial charge in [0, 0.05) is 7.05 Å². The van der Waals surface area contributed by atoms with Crippen LogP contribution in [-0.4, -0.2) is 5.11 Å². The van der Waals surface area contributed by atoms with Gasteiger partial charge in [0.15, 0.2) is 5.11 Å². The van der Waals surface area contributed by atoms with Crippen LogP contribution in [0.2, 0.25) is 0 Å². The Balaban J connectivity index is 2.85. The van der Waals surface area contributed by atoms with E-state index in [2.05, 4.69) is 24.6 Å². The molecule has 0 bridgehead atoms. The maximum atomic E-state index is 4.85. The van der Waals surface area contributed by atoms with Crippen molar-refractivity contribution in [2.75, 3.05) is 0 Å². The third-order valence-electron chi connectivity index (χ3n) is 0.174. The average Bonchev–Trinajstić information content (AvgIpc) is 1.38. The Morgan fingerprint density at radius 3 is 2.20 bits per heavy atom. The predicted molar refractivity (Wildman–Crippen MR) is 25.3 cm³/mol. The Morgan fingerprint density at radius 2 is 2.20 bits per heavy atom. The van der Waals surface area contributed by atoms with Crippen molar-refractivity contribution in [3.05, 3.63) is 7.05 Å². The van der Waals surface area contributed by atoms with E-state index < -0.39 is 0 Å². The van der Waals surface area contributed by atoms with Crippen LogP contribution in [0.3, 0.4) is 0 Å². The molecule has 0 rings (SSSR count). The predicted octanol–water partition coefficient (Wildman–Crippen LogP) is -0.389. The van der Waals surface area contributed by atoms with Crippen molar-refractivity contribution in [1.82, 2.24) is 5.32 Å². The Morgan fingerprint density at radius 1 is 2.00 bits per heavy atom. The highest BCUT2D eigenvalue weighted by Gasteiger charge is 1.66. The standard InChI is InChI=1S/C2H5N2S/c1-4-2(3)5/h1H2,(H3,3,4,5). The zero-order valence-corrected chi connectivity index (χ0v) is 3.51. The summed E-state index contributed by atoms with van der Waals surface area (Å²) in [7, 11) is 3.17. The van der Waals surface area contributed by atoms with Gasteiger partial charge in [-0.1, -0.05) is 0 Å². The van der Waals surface area contributed by atoms with E-state index in [9.17, 15) is 0 Å². The molecule has 0 aromatic heterocycles. The number of rotatable bonds is 0. The second kappa shape index (κ2) is 1.96. The van der Waals surface area contributed by atoms with Gasteiger partial charge in [-0.25, -0.2) is 0 Å². The molecule has 0 amide bonds. The lowest BCUT2D eigenvalue weighted by molar-refractivity contribution is 1.28. The van der Waals surface area contributed by atoms with Crippen LogP contribution in [0, 0.1) is 7.05 Å².